The van der Waals surface area contributed by atoms with Crippen molar-refractivity contribution in [3.05, 3.63) is 93.7 Å². The number of ether oxygens (including phenoxy) is 1. The molecule has 0 saturated carbocycles. The molecule has 0 fully saturated rings. The van der Waals surface area contributed by atoms with Crippen molar-refractivity contribution in [1.82, 2.24) is 0 Å². The second-order valence-electron chi connectivity index (χ2n) is 7.20. The zero-order valence-corrected chi connectivity index (χ0v) is 17.7. The van der Waals surface area contributed by atoms with Crippen LogP contribution < -0.4 is 15.4 Å². The number of aryl methyl sites for hydroxylation is 1. The van der Waals surface area contributed by atoms with Gasteiger partial charge in [0.1, 0.15) is 17.0 Å². The number of furan rings is 1. The van der Waals surface area contributed by atoms with Gasteiger partial charge >= 0.3 is 0 Å². The van der Waals surface area contributed by atoms with Crippen molar-refractivity contribution in [2.45, 2.75) is 6.92 Å². The first-order valence-corrected chi connectivity index (χ1v) is 9.90. The number of methoxy groups -OCH3 is 1. The normalized spacial score (nSPS) is 10.6. The van der Waals surface area contributed by atoms with E-state index in [4.69, 9.17) is 9.15 Å². The second kappa shape index (κ2) is 8.83. The molecule has 33 heavy (non-hydrogen) atoms. The first-order chi connectivity index (χ1) is 15.9. The molecule has 1 aromatic heterocycles. The maximum atomic E-state index is 13.0. The van der Waals surface area contributed by atoms with Gasteiger partial charge in [-0.2, -0.15) is 0 Å². The summed E-state index contributed by atoms with van der Waals surface area (Å²) in [5, 5.41) is 17.2. The fourth-order valence-corrected chi connectivity index (χ4v) is 3.32. The summed E-state index contributed by atoms with van der Waals surface area (Å²) in [5.74, 6) is -0.636. The summed E-state index contributed by atoms with van der Waals surface area (Å²) in [6, 6.07) is 17.8. The molecular formula is C24H19N3O6. The summed E-state index contributed by atoms with van der Waals surface area (Å²) < 4.78 is 10.8. The zero-order chi connectivity index (χ0) is 23.5. The lowest BCUT2D eigenvalue weighted by atomic mass is 10.1. The van der Waals surface area contributed by atoms with E-state index in [1.807, 2.05) is 0 Å². The molecule has 4 rings (SSSR count). The minimum atomic E-state index is -0.608. The van der Waals surface area contributed by atoms with Gasteiger partial charge in [-0.3, -0.25) is 19.7 Å². The van der Waals surface area contributed by atoms with Crippen LogP contribution in [0.5, 0.6) is 5.75 Å². The van der Waals surface area contributed by atoms with E-state index < -0.39 is 16.7 Å². The first kappa shape index (κ1) is 21.6. The maximum absolute atomic E-state index is 13.0. The van der Waals surface area contributed by atoms with Crippen LogP contribution in [0.15, 0.2) is 71.1 Å². The molecule has 4 aromatic rings. The van der Waals surface area contributed by atoms with Gasteiger partial charge in [0.15, 0.2) is 0 Å². The maximum Gasteiger partial charge on any atom is 0.293 e. The number of para-hydroxylation sites is 1. The molecule has 2 amide bonds. The molecule has 0 bridgehead atoms. The Bertz CT molecular complexity index is 1370. The molecule has 9 heteroatoms. The van der Waals surface area contributed by atoms with Crippen molar-refractivity contribution in [3.8, 4) is 5.75 Å². The highest BCUT2D eigenvalue weighted by atomic mass is 16.6. The quantitative estimate of drug-likeness (QED) is 0.312. The summed E-state index contributed by atoms with van der Waals surface area (Å²) in [4.78, 5) is 36.6. The third kappa shape index (κ3) is 4.38. The number of carbonyl (C=O) groups excluding carboxylic acids is 2. The molecule has 0 radical (unpaired) electrons. The average molecular weight is 445 g/mol. The summed E-state index contributed by atoms with van der Waals surface area (Å²) in [7, 11) is 1.54. The molecule has 0 unspecified atom stereocenters. The van der Waals surface area contributed by atoms with E-state index in [0.29, 0.717) is 28.0 Å². The lowest BCUT2D eigenvalue weighted by Gasteiger charge is -2.08. The molecule has 0 spiro atoms. The summed E-state index contributed by atoms with van der Waals surface area (Å²) in [5.41, 5.74) is 1.43. The average Bonchev–Trinajstić information content (AvgIpc) is 3.18. The number of hydrogen-bond donors (Lipinski definition) is 2. The van der Waals surface area contributed by atoms with Crippen LogP contribution in [-0.2, 0) is 0 Å². The highest BCUT2D eigenvalue weighted by molar-refractivity contribution is 6.17. The van der Waals surface area contributed by atoms with E-state index in [-0.39, 0.29) is 22.7 Å². The Morgan fingerprint density at radius 1 is 0.970 bits per heavy atom. The number of hydrogen-bond acceptors (Lipinski definition) is 6. The Hall–Kier alpha value is -4.66. The summed E-state index contributed by atoms with van der Waals surface area (Å²) in [6.07, 6.45) is 0. The number of benzene rings is 3. The number of fused-ring (bicyclic) bond motifs is 1. The topological polar surface area (TPSA) is 124 Å². The fourth-order valence-electron chi connectivity index (χ4n) is 3.32. The van der Waals surface area contributed by atoms with Gasteiger partial charge in [0, 0.05) is 28.3 Å². The monoisotopic (exact) mass is 445 g/mol. The van der Waals surface area contributed by atoms with Crippen LogP contribution in [0.3, 0.4) is 0 Å². The van der Waals surface area contributed by atoms with Crippen molar-refractivity contribution in [2.75, 3.05) is 17.7 Å². The van der Waals surface area contributed by atoms with Gasteiger partial charge in [-0.05, 0) is 49.4 Å². The number of carbonyl (C=O) groups is 2. The Kier molecular flexibility index (Phi) is 5.77. The largest absolute Gasteiger partial charge is 0.497 e. The van der Waals surface area contributed by atoms with Gasteiger partial charge in [-0.1, -0.05) is 18.2 Å². The molecule has 166 valence electrons. The van der Waals surface area contributed by atoms with Gasteiger partial charge in [0.2, 0.25) is 5.76 Å². The van der Waals surface area contributed by atoms with Gasteiger partial charge in [0.25, 0.3) is 17.5 Å². The van der Waals surface area contributed by atoms with E-state index >= 15 is 0 Å². The number of rotatable bonds is 6. The number of amides is 2. The number of nitro benzene ring substituents is 1. The van der Waals surface area contributed by atoms with Crippen molar-refractivity contribution >= 4 is 39.8 Å². The van der Waals surface area contributed by atoms with Crippen molar-refractivity contribution < 1.29 is 23.7 Å². The number of nitrogens with zero attached hydrogens (tertiary/aromatic N) is 1. The third-order valence-electron chi connectivity index (χ3n) is 5.06. The first-order valence-electron chi connectivity index (χ1n) is 9.90. The van der Waals surface area contributed by atoms with Crippen LogP contribution in [0.2, 0.25) is 0 Å². The van der Waals surface area contributed by atoms with Gasteiger partial charge < -0.3 is 19.8 Å². The summed E-state index contributed by atoms with van der Waals surface area (Å²) in [6.45, 7) is 1.59. The Morgan fingerprint density at radius 2 is 1.70 bits per heavy atom. The molecule has 0 saturated heterocycles. The Balaban J connectivity index is 1.67. The van der Waals surface area contributed by atoms with Crippen LogP contribution in [0.1, 0.15) is 26.5 Å². The SMILES string of the molecule is COc1ccc(NC(=O)c2oc3ccccc3c2NC(=O)c2ccc(C)c([N+](=O)[O-])c2)cc1. The van der Waals surface area contributed by atoms with Crippen LogP contribution in [0.4, 0.5) is 17.1 Å². The van der Waals surface area contributed by atoms with Crippen molar-refractivity contribution in [1.29, 1.82) is 0 Å². The zero-order valence-electron chi connectivity index (χ0n) is 17.7. The standard InChI is InChI=1S/C24H19N3O6/c1-14-7-8-15(13-19(14)27(30)31)23(28)26-21-18-5-3-4-6-20(18)33-22(21)24(29)25-16-9-11-17(32-2)12-10-16/h3-13H,1-2H3,(H,25,29)(H,26,28). The number of nitro groups is 1. The predicted molar refractivity (Wildman–Crippen MR) is 123 cm³/mol. The minimum absolute atomic E-state index is 0.0825. The van der Waals surface area contributed by atoms with Crippen molar-refractivity contribution in [2.24, 2.45) is 0 Å². The van der Waals surface area contributed by atoms with Crippen LogP contribution in [0.25, 0.3) is 11.0 Å². The minimum Gasteiger partial charge on any atom is -0.497 e. The molecule has 9 nitrogen and oxygen atoms in total. The number of anilines is 2. The number of nitrogens with one attached hydrogen (secondary N) is 2. The third-order valence-corrected chi connectivity index (χ3v) is 5.06. The highest BCUT2D eigenvalue weighted by Crippen LogP contribution is 2.32. The molecule has 0 aliphatic heterocycles. The van der Waals surface area contributed by atoms with E-state index in [9.17, 15) is 19.7 Å². The summed E-state index contributed by atoms with van der Waals surface area (Å²) >= 11 is 0. The molecule has 3 aromatic carbocycles. The van der Waals surface area contributed by atoms with E-state index in [1.165, 1.54) is 18.2 Å². The van der Waals surface area contributed by atoms with E-state index in [2.05, 4.69) is 10.6 Å². The van der Waals surface area contributed by atoms with Crippen LogP contribution >= 0.6 is 0 Å². The fraction of sp³-hybridized carbons (Fsp3) is 0.0833. The lowest BCUT2D eigenvalue weighted by molar-refractivity contribution is -0.385. The van der Waals surface area contributed by atoms with E-state index in [0.717, 1.165) is 0 Å². The van der Waals surface area contributed by atoms with Gasteiger partial charge in [-0.25, -0.2) is 0 Å². The molecule has 1 heterocycles. The highest BCUT2D eigenvalue weighted by Gasteiger charge is 2.24. The smallest absolute Gasteiger partial charge is 0.293 e. The molecule has 2 N–H and O–H groups in total. The Labute approximate surface area is 188 Å². The second-order valence-corrected chi connectivity index (χ2v) is 7.20. The van der Waals surface area contributed by atoms with E-state index in [1.54, 1.807) is 62.6 Å². The predicted octanol–water partition coefficient (Wildman–Crippen LogP) is 5.16. The van der Waals surface area contributed by atoms with Gasteiger partial charge in [0.05, 0.1) is 12.0 Å². The Morgan fingerprint density at radius 3 is 2.39 bits per heavy atom. The molecular weight excluding hydrogens is 426 g/mol. The molecule has 0 atom stereocenters. The van der Waals surface area contributed by atoms with Crippen LogP contribution in [-0.4, -0.2) is 23.8 Å². The van der Waals surface area contributed by atoms with Crippen LogP contribution in [0, 0.1) is 17.0 Å². The molecule has 0 aliphatic rings. The van der Waals surface area contributed by atoms with Gasteiger partial charge in [-0.15, -0.1) is 0 Å². The lowest BCUT2D eigenvalue weighted by Crippen LogP contribution is -2.17. The molecule has 0 aliphatic carbocycles. The van der Waals surface area contributed by atoms with Crippen molar-refractivity contribution in [3.63, 3.8) is 0 Å².